The van der Waals surface area contributed by atoms with Crippen molar-refractivity contribution in [1.82, 2.24) is 4.57 Å². The van der Waals surface area contributed by atoms with E-state index >= 15 is 0 Å². The topological polar surface area (TPSA) is 68.5 Å². The van der Waals surface area contributed by atoms with Gasteiger partial charge in [-0.3, -0.25) is 4.79 Å². The standard InChI is InChI=1S/C16H17NO4/c1-2-10-21-14-8-5-9-17(15(14)18)11-12-6-3-4-7-13(12)16(19)20/h3-9H,2,10-11H2,1H3,(H,19,20). The molecule has 0 unspecified atom stereocenters. The highest BCUT2D eigenvalue weighted by atomic mass is 16.5. The number of nitrogens with zero attached hydrogens (tertiary/aromatic N) is 1. The van der Waals surface area contributed by atoms with Crippen LogP contribution in [-0.2, 0) is 6.54 Å². The molecule has 0 bridgehead atoms. The highest BCUT2D eigenvalue weighted by Gasteiger charge is 2.11. The molecule has 1 aromatic heterocycles. The number of carboxylic acid groups (broad SMARTS) is 1. The molecule has 21 heavy (non-hydrogen) atoms. The predicted octanol–water partition coefficient (Wildman–Crippen LogP) is 2.38. The van der Waals surface area contributed by atoms with Crippen molar-refractivity contribution in [3.8, 4) is 5.75 Å². The first-order chi connectivity index (χ1) is 10.1. The van der Waals surface area contributed by atoms with Crippen molar-refractivity contribution in [1.29, 1.82) is 0 Å². The number of rotatable bonds is 6. The Morgan fingerprint density at radius 1 is 1.24 bits per heavy atom. The Balaban J connectivity index is 2.32. The number of aromatic carboxylic acids is 1. The molecule has 0 aliphatic carbocycles. The lowest BCUT2D eigenvalue weighted by Crippen LogP contribution is -2.22. The summed E-state index contributed by atoms with van der Waals surface area (Å²) in [5, 5.41) is 9.17. The zero-order chi connectivity index (χ0) is 15.2. The van der Waals surface area contributed by atoms with E-state index in [4.69, 9.17) is 4.74 Å². The lowest BCUT2D eigenvalue weighted by molar-refractivity contribution is 0.0695. The zero-order valence-corrected chi connectivity index (χ0v) is 11.8. The van der Waals surface area contributed by atoms with Crippen LogP contribution in [0.3, 0.4) is 0 Å². The van der Waals surface area contributed by atoms with Crippen molar-refractivity contribution in [2.75, 3.05) is 6.61 Å². The van der Waals surface area contributed by atoms with E-state index in [2.05, 4.69) is 0 Å². The van der Waals surface area contributed by atoms with E-state index in [1.807, 2.05) is 6.92 Å². The van der Waals surface area contributed by atoms with Crippen molar-refractivity contribution in [3.63, 3.8) is 0 Å². The van der Waals surface area contributed by atoms with Gasteiger partial charge in [-0.15, -0.1) is 0 Å². The lowest BCUT2D eigenvalue weighted by atomic mass is 10.1. The lowest BCUT2D eigenvalue weighted by Gasteiger charge is -2.10. The fourth-order valence-corrected chi connectivity index (χ4v) is 2.01. The number of hydrogen-bond acceptors (Lipinski definition) is 3. The van der Waals surface area contributed by atoms with Crippen LogP contribution in [0.2, 0.25) is 0 Å². The molecule has 0 saturated heterocycles. The molecule has 0 saturated carbocycles. The van der Waals surface area contributed by atoms with E-state index in [0.717, 1.165) is 6.42 Å². The van der Waals surface area contributed by atoms with E-state index in [1.165, 1.54) is 10.6 Å². The average molecular weight is 287 g/mol. The monoisotopic (exact) mass is 287 g/mol. The number of hydrogen-bond donors (Lipinski definition) is 1. The van der Waals surface area contributed by atoms with E-state index < -0.39 is 5.97 Å². The molecule has 110 valence electrons. The first-order valence-corrected chi connectivity index (χ1v) is 6.77. The van der Waals surface area contributed by atoms with Crippen molar-refractivity contribution in [2.24, 2.45) is 0 Å². The van der Waals surface area contributed by atoms with Gasteiger partial charge in [-0.05, 0) is 30.2 Å². The second-order valence-corrected chi connectivity index (χ2v) is 4.62. The predicted molar refractivity (Wildman–Crippen MR) is 79.0 cm³/mol. The minimum atomic E-state index is -1.00. The van der Waals surface area contributed by atoms with Gasteiger partial charge in [-0.1, -0.05) is 25.1 Å². The van der Waals surface area contributed by atoms with Crippen molar-refractivity contribution < 1.29 is 14.6 Å². The van der Waals surface area contributed by atoms with Crippen LogP contribution in [0.5, 0.6) is 5.75 Å². The Morgan fingerprint density at radius 3 is 2.71 bits per heavy atom. The second kappa shape index (κ2) is 6.74. The number of carbonyl (C=O) groups is 1. The molecule has 1 N–H and O–H groups in total. The number of pyridine rings is 1. The Kier molecular flexibility index (Phi) is 4.77. The summed E-state index contributed by atoms with van der Waals surface area (Å²) in [6.07, 6.45) is 2.44. The molecule has 0 fully saturated rings. The number of ether oxygens (including phenoxy) is 1. The summed E-state index contributed by atoms with van der Waals surface area (Å²) in [5.74, 6) is -0.718. The summed E-state index contributed by atoms with van der Waals surface area (Å²) >= 11 is 0. The summed E-state index contributed by atoms with van der Waals surface area (Å²) in [4.78, 5) is 23.4. The number of carboxylic acids is 1. The summed E-state index contributed by atoms with van der Waals surface area (Å²) in [5.41, 5.74) is 0.523. The van der Waals surface area contributed by atoms with Crippen LogP contribution >= 0.6 is 0 Å². The molecule has 5 heteroatoms. The maximum absolute atomic E-state index is 12.3. The molecular weight excluding hydrogens is 270 g/mol. The average Bonchev–Trinajstić information content (AvgIpc) is 2.48. The van der Waals surface area contributed by atoms with E-state index in [0.29, 0.717) is 12.2 Å². The van der Waals surface area contributed by atoms with Gasteiger partial charge < -0.3 is 14.4 Å². The van der Waals surface area contributed by atoms with Crippen LogP contribution in [0.4, 0.5) is 0 Å². The summed E-state index contributed by atoms with van der Waals surface area (Å²) in [6, 6.07) is 9.99. The molecule has 5 nitrogen and oxygen atoms in total. The molecule has 0 atom stereocenters. The van der Waals surface area contributed by atoms with Gasteiger partial charge in [0.2, 0.25) is 0 Å². The van der Waals surface area contributed by atoms with Crippen LogP contribution in [0, 0.1) is 0 Å². The van der Waals surface area contributed by atoms with Crippen LogP contribution in [-0.4, -0.2) is 22.2 Å². The summed E-state index contributed by atoms with van der Waals surface area (Å²) in [7, 11) is 0. The second-order valence-electron chi connectivity index (χ2n) is 4.62. The summed E-state index contributed by atoms with van der Waals surface area (Å²) in [6.45, 7) is 2.64. The van der Waals surface area contributed by atoms with Crippen molar-refractivity contribution >= 4 is 5.97 Å². The molecule has 1 heterocycles. The van der Waals surface area contributed by atoms with Gasteiger partial charge in [0, 0.05) is 6.20 Å². The largest absolute Gasteiger partial charge is 0.488 e. The fraction of sp³-hybridized carbons (Fsp3) is 0.250. The van der Waals surface area contributed by atoms with E-state index in [-0.39, 0.29) is 23.4 Å². The zero-order valence-electron chi connectivity index (χ0n) is 11.8. The molecule has 2 rings (SSSR count). The smallest absolute Gasteiger partial charge is 0.336 e. The molecular formula is C16H17NO4. The van der Waals surface area contributed by atoms with Gasteiger partial charge in [0.1, 0.15) is 0 Å². The highest BCUT2D eigenvalue weighted by Crippen LogP contribution is 2.11. The number of benzene rings is 1. The maximum atomic E-state index is 12.3. The van der Waals surface area contributed by atoms with Gasteiger partial charge in [0.15, 0.2) is 5.75 Å². The minimum absolute atomic E-state index is 0.198. The third kappa shape index (κ3) is 3.51. The van der Waals surface area contributed by atoms with Gasteiger partial charge in [-0.2, -0.15) is 0 Å². The molecule has 0 aliphatic heterocycles. The van der Waals surface area contributed by atoms with Gasteiger partial charge in [0.05, 0.1) is 18.7 Å². The third-order valence-electron chi connectivity index (χ3n) is 3.04. The van der Waals surface area contributed by atoms with E-state index in [9.17, 15) is 14.7 Å². The Labute approximate surface area is 122 Å². The highest BCUT2D eigenvalue weighted by molar-refractivity contribution is 5.89. The Morgan fingerprint density at radius 2 is 2.00 bits per heavy atom. The van der Waals surface area contributed by atoms with Crippen LogP contribution < -0.4 is 10.3 Å². The molecule has 2 aromatic rings. The van der Waals surface area contributed by atoms with Crippen molar-refractivity contribution in [3.05, 3.63) is 64.1 Å². The molecule has 0 aliphatic rings. The fourth-order valence-electron chi connectivity index (χ4n) is 2.01. The summed E-state index contributed by atoms with van der Waals surface area (Å²) < 4.78 is 6.84. The molecule has 0 amide bonds. The van der Waals surface area contributed by atoms with Crippen LogP contribution in [0.25, 0.3) is 0 Å². The van der Waals surface area contributed by atoms with Crippen molar-refractivity contribution in [2.45, 2.75) is 19.9 Å². The van der Waals surface area contributed by atoms with Gasteiger partial charge >= 0.3 is 5.97 Å². The third-order valence-corrected chi connectivity index (χ3v) is 3.04. The number of aromatic nitrogens is 1. The Hall–Kier alpha value is -2.56. The quantitative estimate of drug-likeness (QED) is 0.885. The SMILES string of the molecule is CCCOc1cccn(Cc2ccccc2C(=O)O)c1=O. The van der Waals surface area contributed by atoms with E-state index in [1.54, 1.807) is 36.5 Å². The molecule has 0 spiro atoms. The minimum Gasteiger partial charge on any atom is -0.488 e. The van der Waals surface area contributed by atoms with Crippen LogP contribution in [0.15, 0.2) is 47.4 Å². The molecule has 1 aromatic carbocycles. The first kappa shape index (κ1) is 14.8. The van der Waals surface area contributed by atoms with Crippen LogP contribution in [0.1, 0.15) is 29.3 Å². The normalized spacial score (nSPS) is 10.3. The first-order valence-electron chi connectivity index (χ1n) is 6.77. The molecule has 0 radical (unpaired) electrons. The van der Waals surface area contributed by atoms with Gasteiger partial charge in [-0.25, -0.2) is 4.79 Å². The van der Waals surface area contributed by atoms with Gasteiger partial charge in [0.25, 0.3) is 5.56 Å². The maximum Gasteiger partial charge on any atom is 0.336 e. The Bertz CT molecular complexity index is 691.